The molecule has 92 valence electrons. The molecule has 0 saturated carbocycles. The zero-order valence-electron chi connectivity index (χ0n) is 9.95. The number of aromatic nitrogens is 1. The van der Waals surface area contributed by atoms with E-state index >= 15 is 0 Å². The normalized spacial score (nSPS) is 13.8. The average molecular weight is 300 g/mol. The highest BCUT2D eigenvalue weighted by molar-refractivity contribution is 9.10. The Labute approximate surface area is 108 Å². The molecular weight excluding hydrogens is 286 g/mol. The largest absolute Gasteiger partial charge is 0.381 e. The molecule has 0 saturated heterocycles. The first-order valence-corrected chi connectivity index (χ1v) is 5.76. The fraction of sp³-hybridized carbons (Fsp3) is 0.455. The van der Waals surface area contributed by atoms with E-state index in [1.807, 2.05) is 6.07 Å². The van der Waals surface area contributed by atoms with Gasteiger partial charge in [0, 0.05) is 24.8 Å². The van der Waals surface area contributed by atoms with Gasteiger partial charge in [-0.25, -0.2) is 0 Å². The Morgan fingerprint density at radius 2 is 2.41 bits per heavy atom. The van der Waals surface area contributed by atoms with Crippen LogP contribution in [0.3, 0.4) is 0 Å². The topological polar surface area (TPSA) is 67.0 Å². The highest BCUT2D eigenvalue weighted by Crippen LogP contribution is 2.14. The summed E-state index contributed by atoms with van der Waals surface area (Å²) in [5, 5.41) is 11.7. The van der Waals surface area contributed by atoms with E-state index in [4.69, 9.17) is 10.00 Å². The molecule has 1 heterocycles. The van der Waals surface area contributed by atoms with Gasteiger partial charge in [-0.05, 0) is 28.9 Å². The van der Waals surface area contributed by atoms with E-state index in [2.05, 4.69) is 21.2 Å². The molecule has 0 aliphatic carbocycles. The van der Waals surface area contributed by atoms with Crippen molar-refractivity contribution in [1.82, 2.24) is 9.88 Å². The van der Waals surface area contributed by atoms with E-state index in [1.54, 1.807) is 30.8 Å². The van der Waals surface area contributed by atoms with Gasteiger partial charge in [-0.15, -0.1) is 0 Å². The number of nitriles is 1. The number of hydrogen-bond donors (Lipinski definition) is 1. The summed E-state index contributed by atoms with van der Waals surface area (Å²) in [5.41, 5.74) is -0.544. The number of rotatable bonds is 4. The number of methoxy groups -OCH3 is 1. The van der Waals surface area contributed by atoms with Crippen molar-refractivity contribution in [1.29, 1.82) is 5.26 Å². The van der Waals surface area contributed by atoms with Gasteiger partial charge in [0.2, 0.25) is 0 Å². The van der Waals surface area contributed by atoms with Crippen LogP contribution >= 0.6 is 15.9 Å². The summed E-state index contributed by atoms with van der Waals surface area (Å²) < 4.78 is 7.42. The van der Waals surface area contributed by atoms with E-state index in [0.29, 0.717) is 5.69 Å². The summed E-state index contributed by atoms with van der Waals surface area (Å²) >= 11 is 3.29. The first kappa shape index (κ1) is 13.7. The zero-order chi connectivity index (χ0) is 13.1. The SMILES string of the molecule is COCC(C)(C#N)NC(=O)c1cc(Br)cn1C. The molecule has 1 amide bonds. The monoisotopic (exact) mass is 299 g/mol. The molecule has 0 bridgehead atoms. The molecule has 1 unspecified atom stereocenters. The summed E-state index contributed by atoms with van der Waals surface area (Å²) in [6.07, 6.45) is 1.77. The number of nitrogens with zero attached hydrogens (tertiary/aromatic N) is 2. The first-order chi connectivity index (χ1) is 7.91. The van der Waals surface area contributed by atoms with Crippen molar-refractivity contribution in [2.45, 2.75) is 12.5 Å². The number of nitrogens with one attached hydrogen (secondary N) is 1. The maximum atomic E-state index is 12.0. The molecule has 0 aromatic carbocycles. The van der Waals surface area contributed by atoms with E-state index in [9.17, 15) is 4.79 Å². The fourth-order valence-electron chi connectivity index (χ4n) is 1.45. The summed E-state index contributed by atoms with van der Waals surface area (Å²) in [7, 11) is 3.25. The van der Waals surface area contributed by atoms with Crippen LogP contribution in [0.1, 0.15) is 17.4 Å². The number of carbonyl (C=O) groups is 1. The molecule has 1 aromatic rings. The van der Waals surface area contributed by atoms with Gasteiger partial charge in [0.25, 0.3) is 5.91 Å². The smallest absolute Gasteiger partial charge is 0.269 e. The second-order valence-electron chi connectivity index (χ2n) is 3.99. The fourth-order valence-corrected chi connectivity index (χ4v) is 1.97. The predicted molar refractivity (Wildman–Crippen MR) is 66.5 cm³/mol. The molecule has 17 heavy (non-hydrogen) atoms. The van der Waals surface area contributed by atoms with Crippen LogP contribution in [-0.2, 0) is 11.8 Å². The lowest BCUT2D eigenvalue weighted by molar-refractivity contribution is 0.0852. The van der Waals surface area contributed by atoms with E-state index in [0.717, 1.165) is 4.47 Å². The van der Waals surface area contributed by atoms with Crippen molar-refractivity contribution in [3.63, 3.8) is 0 Å². The van der Waals surface area contributed by atoms with Gasteiger partial charge in [-0.3, -0.25) is 4.79 Å². The van der Waals surface area contributed by atoms with Crippen LogP contribution in [-0.4, -0.2) is 29.7 Å². The maximum Gasteiger partial charge on any atom is 0.269 e. The minimum absolute atomic E-state index is 0.140. The molecule has 5 nitrogen and oxygen atoms in total. The third-order valence-electron chi connectivity index (χ3n) is 2.27. The van der Waals surface area contributed by atoms with Crippen LogP contribution in [0.4, 0.5) is 0 Å². The van der Waals surface area contributed by atoms with Crippen molar-refractivity contribution in [2.24, 2.45) is 7.05 Å². The predicted octanol–water partition coefficient (Wildman–Crippen LogP) is 1.45. The Morgan fingerprint density at radius 3 is 2.82 bits per heavy atom. The number of aryl methyl sites for hydroxylation is 1. The minimum Gasteiger partial charge on any atom is -0.381 e. The van der Waals surface area contributed by atoms with E-state index in [1.165, 1.54) is 7.11 Å². The number of carbonyl (C=O) groups excluding carboxylic acids is 1. The first-order valence-electron chi connectivity index (χ1n) is 4.96. The van der Waals surface area contributed by atoms with Crippen LogP contribution in [0.25, 0.3) is 0 Å². The van der Waals surface area contributed by atoms with Gasteiger partial charge >= 0.3 is 0 Å². The lowest BCUT2D eigenvalue weighted by Gasteiger charge is -2.22. The van der Waals surface area contributed by atoms with Gasteiger partial charge in [0.15, 0.2) is 0 Å². The highest BCUT2D eigenvalue weighted by Gasteiger charge is 2.27. The molecule has 0 fully saturated rings. The van der Waals surface area contributed by atoms with Gasteiger partial charge in [-0.2, -0.15) is 5.26 Å². The lowest BCUT2D eigenvalue weighted by atomic mass is 10.1. The van der Waals surface area contributed by atoms with Crippen LogP contribution in [0.15, 0.2) is 16.7 Å². The van der Waals surface area contributed by atoms with E-state index < -0.39 is 5.54 Å². The highest BCUT2D eigenvalue weighted by atomic mass is 79.9. The molecule has 1 rings (SSSR count). The average Bonchev–Trinajstić information content (AvgIpc) is 2.58. The molecule has 0 radical (unpaired) electrons. The van der Waals surface area contributed by atoms with Gasteiger partial charge in [-0.1, -0.05) is 0 Å². The summed E-state index contributed by atoms with van der Waals surface area (Å²) in [6, 6.07) is 3.72. The molecule has 0 aliphatic heterocycles. The van der Waals surface area contributed by atoms with Crippen molar-refractivity contribution in [2.75, 3.05) is 13.7 Å². The van der Waals surface area contributed by atoms with Crippen molar-refractivity contribution >= 4 is 21.8 Å². The van der Waals surface area contributed by atoms with Crippen LogP contribution < -0.4 is 5.32 Å². The van der Waals surface area contributed by atoms with Crippen molar-refractivity contribution in [3.8, 4) is 6.07 Å². The maximum absolute atomic E-state index is 12.0. The second-order valence-corrected chi connectivity index (χ2v) is 4.90. The third kappa shape index (κ3) is 3.32. The molecule has 6 heteroatoms. The lowest BCUT2D eigenvalue weighted by Crippen LogP contribution is -2.48. The van der Waals surface area contributed by atoms with E-state index in [-0.39, 0.29) is 12.5 Å². The van der Waals surface area contributed by atoms with Crippen LogP contribution in [0.5, 0.6) is 0 Å². The summed E-state index contributed by atoms with van der Waals surface area (Å²) in [6.45, 7) is 1.76. The zero-order valence-corrected chi connectivity index (χ0v) is 11.5. The second kappa shape index (κ2) is 5.34. The van der Waals surface area contributed by atoms with Crippen LogP contribution in [0, 0.1) is 11.3 Å². The molecule has 1 atom stereocenters. The minimum atomic E-state index is -1.03. The van der Waals surface area contributed by atoms with Crippen LogP contribution in [0.2, 0.25) is 0 Å². The number of hydrogen-bond acceptors (Lipinski definition) is 3. The quantitative estimate of drug-likeness (QED) is 0.915. The Morgan fingerprint density at radius 1 is 1.76 bits per heavy atom. The van der Waals surface area contributed by atoms with Gasteiger partial charge < -0.3 is 14.6 Å². The standard InChI is InChI=1S/C11H14BrN3O2/c1-11(6-13,7-17-3)14-10(16)9-4-8(12)5-15(9)2/h4-5H,7H2,1-3H3,(H,14,16). The van der Waals surface area contributed by atoms with Crippen molar-refractivity contribution in [3.05, 3.63) is 22.4 Å². The summed E-state index contributed by atoms with van der Waals surface area (Å²) in [4.78, 5) is 12.0. The number of amides is 1. The third-order valence-corrected chi connectivity index (χ3v) is 2.71. The number of halogens is 1. The molecule has 0 spiro atoms. The Balaban J connectivity index is 2.86. The summed E-state index contributed by atoms with van der Waals surface area (Å²) in [5.74, 6) is -0.306. The van der Waals surface area contributed by atoms with Gasteiger partial charge in [0.1, 0.15) is 11.2 Å². The Bertz CT molecular complexity index is 464. The Hall–Kier alpha value is -1.32. The Kier molecular flexibility index (Phi) is 4.32. The van der Waals surface area contributed by atoms with Gasteiger partial charge in [0.05, 0.1) is 12.7 Å². The molecular formula is C11H14BrN3O2. The molecule has 1 aromatic heterocycles. The molecule has 0 aliphatic rings. The van der Waals surface area contributed by atoms with Crippen molar-refractivity contribution < 1.29 is 9.53 Å². The molecule has 1 N–H and O–H groups in total. The number of ether oxygens (including phenoxy) is 1.